The summed E-state index contributed by atoms with van der Waals surface area (Å²) in [7, 11) is 0. The number of aromatic amines is 1. The highest BCUT2D eigenvalue weighted by molar-refractivity contribution is 9.10. The number of H-pyrrole nitrogens is 1. The van der Waals surface area contributed by atoms with Crippen LogP contribution in [-0.4, -0.2) is 20.9 Å². The Kier molecular flexibility index (Phi) is 4.23. The van der Waals surface area contributed by atoms with Gasteiger partial charge in [0.05, 0.1) is 0 Å². The van der Waals surface area contributed by atoms with Crippen LogP contribution in [-0.2, 0) is 0 Å². The molecule has 5 heteroatoms. The van der Waals surface area contributed by atoms with Crippen LogP contribution < -0.4 is 0 Å². The van der Waals surface area contributed by atoms with Gasteiger partial charge in [-0.2, -0.15) is 0 Å². The summed E-state index contributed by atoms with van der Waals surface area (Å²) in [5.41, 5.74) is 1.04. The average molecular weight is 312 g/mol. The number of nitrogens with one attached hydrogen (secondary N) is 1. The third-order valence-corrected chi connectivity index (χ3v) is 4.11. The van der Waals surface area contributed by atoms with Crippen molar-refractivity contribution in [2.45, 2.75) is 19.0 Å². The largest absolute Gasteiger partial charge is 0.258 e. The average Bonchev–Trinajstić information content (AvgIpc) is 2.75. The van der Waals surface area contributed by atoms with Gasteiger partial charge in [0.1, 0.15) is 0 Å². The molecule has 1 heterocycles. The molecule has 0 amide bonds. The first-order chi connectivity index (χ1) is 8.16. The van der Waals surface area contributed by atoms with E-state index in [2.05, 4.69) is 45.0 Å². The van der Waals surface area contributed by atoms with Crippen molar-refractivity contribution in [3.05, 3.63) is 28.7 Å². The lowest BCUT2D eigenvalue weighted by Gasteiger charge is -1.99. The molecule has 0 atom stereocenters. The van der Waals surface area contributed by atoms with Crippen LogP contribution in [0.25, 0.3) is 11.4 Å². The Balaban J connectivity index is 2.16. The van der Waals surface area contributed by atoms with E-state index in [0.29, 0.717) is 5.92 Å². The number of aromatic nitrogens is 3. The lowest BCUT2D eigenvalue weighted by atomic mass is 10.2. The number of hydrogen-bond donors (Lipinski definition) is 1. The van der Waals surface area contributed by atoms with E-state index < -0.39 is 0 Å². The SMILES string of the molecule is CC(C)CSc1n[nH]c(-c2ccccc2Br)n1. The highest BCUT2D eigenvalue weighted by atomic mass is 79.9. The van der Waals surface area contributed by atoms with Crippen LogP contribution in [0, 0.1) is 5.92 Å². The Hall–Kier alpha value is -0.810. The van der Waals surface area contributed by atoms with Crippen molar-refractivity contribution >= 4 is 27.7 Å². The zero-order valence-electron chi connectivity index (χ0n) is 9.77. The molecule has 0 aliphatic carbocycles. The molecule has 0 saturated heterocycles. The zero-order valence-corrected chi connectivity index (χ0v) is 12.2. The second-order valence-electron chi connectivity index (χ2n) is 4.15. The van der Waals surface area contributed by atoms with Crippen molar-refractivity contribution in [3.8, 4) is 11.4 Å². The summed E-state index contributed by atoms with van der Waals surface area (Å²) in [5, 5.41) is 8.00. The minimum Gasteiger partial charge on any atom is -0.258 e. The van der Waals surface area contributed by atoms with Crippen LogP contribution in [0.2, 0.25) is 0 Å². The first kappa shape index (κ1) is 12.6. The molecule has 90 valence electrons. The van der Waals surface area contributed by atoms with E-state index >= 15 is 0 Å². The normalized spacial score (nSPS) is 11.1. The number of halogens is 1. The molecule has 0 unspecified atom stereocenters. The summed E-state index contributed by atoms with van der Waals surface area (Å²) in [5.74, 6) is 2.49. The summed E-state index contributed by atoms with van der Waals surface area (Å²) in [6.07, 6.45) is 0. The van der Waals surface area contributed by atoms with Gasteiger partial charge in [0, 0.05) is 15.8 Å². The number of hydrogen-bond acceptors (Lipinski definition) is 3. The molecule has 0 radical (unpaired) electrons. The third-order valence-electron chi connectivity index (χ3n) is 2.14. The van der Waals surface area contributed by atoms with Crippen molar-refractivity contribution in [2.24, 2.45) is 5.92 Å². The van der Waals surface area contributed by atoms with Crippen LogP contribution in [0.4, 0.5) is 0 Å². The van der Waals surface area contributed by atoms with Gasteiger partial charge in [-0.1, -0.05) is 59.7 Å². The molecule has 0 bridgehead atoms. The number of nitrogens with zero attached hydrogens (tertiary/aromatic N) is 2. The van der Waals surface area contributed by atoms with E-state index in [1.54, 1.807) is 11.8 Å². The molecule has 0 aliphatic rings. The van der Waals surface area contributed by atoms with Gasteiger partial charge in [0.15, 0.2) is 5.82 Å². The standard InChI is InChI=1S/C12H14BrN3S/c1-8(2)7-17-12-14-11(15-16-12)9-5-3-4-6-10(9)13/h3-6,8H,7H2,1-2H3,(H,14,15,16). The highest BCUT2D eigenvalue weighted by Gasteiger charge is 2.09. The minimum atomic E-state index is 0.644. The fourth-order valence-corrected chi connectivity index (χ4v) is 2.55. The molecule has 2 aromatic rings. The van der Waals surface area contributed by atoms with Crippen molar-refractivity contribution in [1.82, 2.24) is 15.2 Å². The predicted molar refractivity (Wildman–Crippen MR) is 75.1 cm³/mol. The Morgan fingerprint density at radius 3 is 2.82 bits per heavy atom. The fraction of sp³-hybridized carbons (Fsp3) is 0.333. The Morgan fingerprint density at radius 2 is 2.12 bits per heavy atom. The third kappa shape index (κ3) is 3.33. The lowest BCUT2D eigenvalue weighted by Crippen LogP contribution is -1.90. The molecule has 0 fully saturated rings. The maximum Gasteiger partial charge on any atom is 0.208 e. The maximum absolute atomic E-state index is 4.48. The smallest absolute Gasteiger partial charge is 0.208 e. The van der Waals surface area contributed by atoms with Crippen LogP contribution in [0.1, 0.15) is 13.8 Å². The van der Waals surface area contributed by atoms with E-state index in [0.717, 1.165) is 26.8 Å². The fourth-order valence-electron chi connectivity index (χ4n) is 1.33. The van der Waals surface area contributed by atoms with Gasteiger partial charge in [0.25, 0.3) is 0 Å². The number of thioether (sulfide) groups is 1. The minimum absolute atomic E-state index is 0.644. The van der Waals surface area contributed by atoms with Gasteiger partial charge in [-0.05, 0) is 12.0 Å². The zero-order chi connectivity index (χ0) is 12.3. The van der Waals surface area contributed by atoms with Gasteiger partial charge in [-0.3, -0.25) is 5.10 Å². The second kappa shape index (κ2) is 5.69. The molecule has 17 heavy (non-hydrogen) atoms. The first-order valence-electron chi connectivity index (χ1n) is 5.47. The number of benzene rings is 1. The molecule has 2 rings (SSSR count). The summed E-state index contributed by atoms with van der Waals surface area (Å²) in [6.45, 7) is 4.38. The quantitative estimate of drug-likeness (QED) is 0.868. The van der Waals surface area contributed by atoms with E-state index in [9.17, 15) is 0 Å². The van der Waals surface area contributed by atoms with Crippen molar-refractivity contribution in [1.29, 1.82) is 0 Å². The second-order valence-corrected chi connectivity index (χ2v) is 5.99. The van der Waals surface area contributed by atoms with Crippen LogP contribution in [0.3, 0.4) is 0 Å². The molecule has 3 nitrogen and oxygen atoms in total. The monoisotopic (exact) mass is 311 g/mol. The van der Waals surface area contributed by atoms with Gasteiger partial charge in [-0.25, -0.2) is 4.98 Å². The van der Waals surface area contributed by atoms with Gasteiger partial charge < -0.3 is 0 Å². The lowest BCUT2D eigenvalue weighted by molar-refractivity contribution is 0.748. The summed E-state index contributed by atoms with van der Waals surface area (Å²) >= 11 is 5.19. The van der Waals surface area contributed by atoms with E-state index in [1.165, 1.54) is 0 Å². The summed E-state index contributed by atoms with van der Waals surface area (Å²) in [6, 6.07) is 7.99. The Morgan fingerprint density at radius 1 is 1.35 bits per heavy atom. The molecule has 0 saturated carbocycles. The Bertz CT molecular complexity index is 496. The highest BCUT2D eigenvalue weighted by Crippen LogP contribution is 2.26. The molecular formula is C12H14BrN3S. The van der Waals surface area contributed by atoms with Crippen molar-refractivity contribution in [2.75, 3.05) is 5.75 Å². The summed E-state index contributed by atoms with van der Waals surface area (Å²) < 4.78 is 1.02. The Labute approximate surface area is 114 Å². The maximum atomic E-state index is 4.48. The van der Waals surface area contributed by atoms with Gasteiger partial charge in [0.2, 0.25) is 5.16 Å². The van der Waals surface area contributed by atoms with Crippen LogP contribution in [0.15, 0.2) is 33.9 Å². The van der Waals surface area contributed by atoms with E-state index in [1.807, 2.05) is 24.3 Å². The molecular weight excluding hydrogens is 298 g/mol. The molecule has 0 aliphatic heterocycles. The van der Waals surface area contributed by atoms with E-state index in [4.69, 9.17) is 0 Å². The van der Waals surface area contributed by atoms with Crippen molar-refractivity contribution < 1.29 is 0 Å². The number of rotatable bonds is 4. The van der Waals surface area contributed by atoms with E-state index in [-0.39, 0.29) is 0 Å². The van der Waals surface area contributed by atoms with Gasteiger partial charge in [-0.15, -0.1) is 5.10 Å². The molecule has 1 aromatic heterocycles. The predicted octanol–water partition coefficient (Wildman–Crippen LogP) is 3.98. The molecule has 1 aromatic carbocycles. The molecule has 0 spiro atoms. The summed E-state index contributed by atoms with van der Waals surface area (Å²) in [4.78, 5) is 4.48. The van der Waals surface area contributed by atoms with Crippen LogP contribution in [0.5, 0.6) is 0 Å². The van der Waals surface area contributed by atoms with Crippen LogP contribution >= 0.6 is 27.7 Å². The first-order valence-corrected chi connectivity index (χ1v) is 7.25. The van der Waals surface area contributed by atoms with Crippen molar-refractivity contribution in [3.63, 3.8) is 0 Å². The topological polar surface area (TPSA) is 41.6 Å². The van der Waals surface area contributed by atoms with Gasteiger partial charge >= 0.3 is 0 Å². The molecule has 1 N–H and O–H groups in total.